The third kappa shape index (κ3) is 5.88. The molecule has 0 heterocycles. The van der Waals surface area contributed by atoms with E-state index >= 15 is 0 Å². The van der Waals surface area contributed by atoms with E-state index in [2.05, 4.69) is 5.32 Å². The number of hydrogen-bond acceptors (Lipinski definition) is 3. The second-order valence-electron chi connectivity index (χ2n) is 6.86. The molecule has 4 heteroatoms. The minimum absolute atomic E-state index is 0.0368. The number of carbonyl (C=O) groups is 1. The molecule has 1 aliphatic carbocycles. The average molecular weight is 365 g/mol. The number of hydrogen-bond donors (Lipinski definition) is 1. The van der Waals surface area contributed by atoms with Gasteiger partial charge in [0.05, 0.1) is 7.11 Å². The fourth-order valence-electron chi connectivity index (χ4n) is 3.31. The number of ether oxygens (including phenoxy) is 2. The van der Waals surface area contributed by atoms with Crippen molar-refractivity contribution in [3.63, 3.8) is 0 Å². The summed E-state index contributed by atoms with van der Waals surface area (Å²) in [5.74, 6) is 1.30. The van der Waals surface area contributed by atoms with Crippen molar-refractivity contribution in [2.75, 3.05) is 7.11 Å². The highest BCUT2D eigenvalue weighted by atomic mass is 16.5. The summed E-state index contributed by atoms with van der Waals surface area (Å²) in [6.07, 6.45) is 9.25. The van der Waals surface area contributed by atoms with Crippen LogP contribution < -0.4 is 14.8 Å². The van der Waals surface area contributed by atoms with Gasteiger partial charge >= 0.3 is 0 Å². The molecule has 0 unspecified atom stereocenters. The minimum atomic E-state index is -0.0368. The van der Waals surface area contributed by atoms with Gasteiger partial charge in [-0.3, -0.25) is 4.79 Å². The van der Waals surface area contributed by atoms with Crippen LogP contribution >= 0.6 is 0 Å². The van der Waals surface area contributed by atoms with E-state index in [1.165, 1.54) is 19.3 Å². The second-order valence-corrected chi connectivity index (χ2v) is 6.86. The third-order valence-electron chi connectivity index (χ3n) is 4.80. The number of methoxy groups -OCH3 is 1. The number of amides is 1. The molecule has 0 radical (unpaired) electrons. The predicted octanol–water partition coefficient (Wildman–Crippen LogP) is 4.74. The van der Waals surface area contributed by atoms with Gasteiger partial charge in [0.15, 0.2) is 11.5 Å². The Labute approximate surface area is 161 Å². The number of rotatable bonds is 7. The molecule has 1 saturated carbocycles. The zero-order valence-electron chi connectivity index (χ0n) is 15.8. The van der Waals surface area contributed by atoms with E-state index in [4.69, 9.17) is 9.47 Å². The molecule has 1 N–H and O–H groups in total. The molecule has 1 aliphatic rings. The average Bonchev–Trinajstić information content (AvgIpc) is 2.72. The molecule has 3 rings (SSSR count). The molecule has 142 valence electrons. The normalized spacial score (nSPS) is 14.9. The van der Waals surface area contributed by atoms with Crippen LogP contribution in [-0.4, -0.2) is 19.1 Å². The summed E-state index contributed by atoms with van der Waals surface area (Å²) in [5.41, 5.74) is 2.00. The van der Waals surface area contributed by atoms with Gasteiger partial charge in [0.1, 0.15) is 6.61 Å². The van der Waals surface area contributed by atoms with Crippen molar-refractivity contribution in [3.8, 4) is 11.5 Å². The molecule has 0 bridgehead atoms. The Kier molecular flexibility index (Phi) is 6.91. The van der Waals surface area contributed by atoms with E-state index in [1.54, 1.807) is 13.2 Å². The van der Waals surface area contributed by atoms with Crippen molar-refractivity contribution >= 4 is 12.0 Å². The van der Waals surface area contributed by atoms with Gasteiger partial charge in [-0.05, 0) is 42.2 Å². The number of carbonyl (C=O) groups excluding carboxylic acids is 1. The Hall–Kier alpha value is -2.75. The van der Waals surface area contributed by atoms with E-state index < -0.39 is 0 Å². The first-order valence-electron chi connectivity index (χ1n) is 9.58. The van der Waals surface area contributed by atoms with Gasteiger partial charge in [-0.1, -0.05) is 55.7 Å². The fraction of sp³-hybridized carbons (Fsp3) is 0.348. The van der Waals surface area contributed by atoms with Gasteiger partial charge in [-0.2, -0.15) is 0 Å². The maximum atomic E-state index is 12.1. The maximum absolute atomic E-state index is 12.1. The Morgan fingerprint density at radius 3 is 2.59 bits per heavy atom. The molecule has 0 saturated heterocycles. The Balaban J connectivity index is 1.58. The maximum Gasteiger partial charge on any atom is 0.244 e. The van der Waals surface area contributed by atoms with Gasteiger partial charge in [-0.15, -0.1) is 0 Å². The van der Waals surface area contributed by atoms with Crippen LogP contribution in [0.25, 0.3) is 6.08 Å². The molecule has 0 aliphatic heterocycles. The lowest BCUT2D eigenvalue weighted by Gasteiger charge is -2.21. The van der Waals surface area contributed by atoms with Crippen molar-refractivity contribution in [3.05, 3.63) is 65.7 Å². The monoisotopic (exact) mass is 365 g/mol. The van der Waals surface area contributed by atoms with Crippen LogP contribution in [-0.2, 0) is 11.4 Å². The topological polar surface area (TPSA) is 47.6 Å². The first kappa shape index (κ1) is 19.0. The van der Waals surface area contributed by atoms with Gasteiger partial charge in [0.2, 0.25) is 5.91 Å². The highest BCUT2D eigenvalue weighted by Gasteiger charge is 2.14. The van der Waals surface area contributed by atoms with Crippen molar-refractivity contribution in [1.82, 2.24) is 5.32 Å². The molecule has 0 aromatic heterocycles. The van der Waals surface area contributed by atoms with Crippen molar-refractivity contribution in [1.29, 1.82) is 0 Å². The van der Waals surface area contributed by atoms with Gasteiger partial charge in [0, 0.05) is 12.1 Å². The van der Waals surface area contributed by atoms with Crippen LogP contribution in [0.15, 0.2) is 54.6 Å². The van der Waals surface area contributed by atoms with E-state index in [-0.39, 0.29) is 5.91 Å². The molecule has 2 aromatic rings. The lowest BCUT2D eigenvalue weighted by atomic mass is 9.95. The first-order valence-corrected chi connectivity index (χ1v) is 9.58. The van der Waals surface area contributed by atoms with Crippen LogP contribution in [0, 0.1) is 0 Å². The summed E-state index contributed by atoms with van der Waals surface area (Å²) < 4.78 is 11.3. The highest BCUT2D eigenvalue weighted by molar-refractivity contribution is 5.92. The van der Waals surface area contributed by atoms with Gasteiger partial charge < -0.3 is 14.8 Å². The highest BCUT2D eigenvalue weighted by Crippen LogP contribution is 2.29. The summed E-state index contributed by atoms with van der Waals surface area (Å²) >= 11 is 0. The molecular formula is C23H27NO3. The smallest absolute Gasteiger partial charge is 0.244 e. The quantitative estimate of drug-likeness (QED) is 0.721. The predicted molar refractivity (Wildman–Crippen MR) is 108 cm³/mol. The SMILES string of the molecule is COc1cc(/C=C\C(=O)NC2CCCCC2)ccc1OCc1ccccc1. The number of nitrogens with one attached hydrogen (secondary N) is 1. The van der Waals surface area contributed by atoms with Crippen LogP contribution in [0.5, 0.6) is 11.5 Å². The molecule has 4 nitrogen and oxygen atoms in total. The van der Waals surface area contributed by atoms with Crippen molar-refractivity contribution in [2.45, 2.75) is 44.8 Å². The minimum Gasteiger partial charge on any atom is -0.493 e. The van der Waals surface area contributed by atoms with Crippen molar-refractivity contribution < 1.29 is 14.3 Å². The van der Waals surface area contributed by atoms with Gasteiger partial charge in [0.25, 0.3) is 0 Å². The lowest BCUT2D eigenvalue weighted by Crippen LogP contribution is -2.34. The van der Waals surface area contributed by atoms with Crippen molar-refractivity contribution in [2.24, 2.45) is 0 Å². The molecule has 1 amide bonds. The Bertz CT molecular complexity index is 764. The fourth-order valence-corrected chi connectivity index (χ4v) is 3.31. The lowest BCUT2D eigenvalue weighted by molar-refractivity contribution is -0.117. The molecule has 0 spiro atoms. The largest absolute Gasteiger partial charge is 0.493 e. The van der Waals surface area contributed by atoms with E-state index in [0.717, 1.165) is 24.0 Å². The van der Waals surface area contributed by atoms with Crippen LogP contribution in [0.2, 0.25) is 0 Å². The zero-order valence-corrected chi connectivity index (χ0v) is 15.8. The number of benzene rings is 2. The Morgan fingerprint density at radius 1 is 1.07 bits per heavy atom. The van der Waals surface area contributed by atoms with Gasteiger partial charge in [-0.25, -0.2) is 0 Å². The second kappa shape index (κ2) is 9.81. The summed E-state index contributed by atoms with van der Waals surface area (Å²) in [6.45, 7) is 0.482. The van der Waals surface area contributed by atoms with Crippen LogP contribution in [0.3, 0.4) is 0 Å². The summed E-state index contributed by atoms with van der Waals surface area (Å²) in [6, 6.07) is 16.0. The van der Waals surface area contributed by atoms with Crippen LogP contribution in [0.4, 0.5) is 0 Å². The summed E-state index contributed by atoms with van der Waals surface area (Å²) in [7, 11) is 1.62. The van der Waals surface area contributed by atoms with E-state index in [9.17, 15) is 4.79 Å². The summed E-state index contributed by atoms with van der Waals surface area (Å²) in [5, 5.41) is 3.09. The van der Waals surface area contributed by atoms with Crippen LogP contribution in [0.1, 0.15) is 43.2 Å². The van der Waals surface area contributed by atoms with E-state index in [1.807, 2.05) is 54.6 Å². The summed E-state index contributed by atoms with van der Waals surface area (Å²) in [4.78, 5) is 12.1. The van der Waals surface area contributed by atoms with E-state index in [0.29, 0.717) is 24.1 Å². The standard InChI is InChI=1S/C23H27NO3/c1-26-22-16-18(13-15-23(25)24-20-10-6-3-7-11-20)12-14-21(22)27-17-19-8-4-2-5-9-19/h2,4-5,8-9,12-16,20H,3,6-7,10-11,17H2,1H3,(H,24,25)/b15-13-. The molecule has 2 aromatic carbocycles. The Morgan fingerprint density at radius 2 is 1.85 bits per heavy atom. The molecule has 1 fully saturated rings. The third-order valence-corrected chi connectivity index (χ3v) is 4.80. The molecule has 0 atom stereocenters. The first-order chi connectivity index (χ1) is 13.2. The molecule has 27 heavy (non-hydrogen) atoms. The zero-order chi connectivity index (χ0) is 18.9. The molecular weight excluding hydrogens is 338 g/mol.